The van der Waals surface area contributed by atoms with Crippen LogP contribution in [0.15, 0.2) is 24.3 Å². The summed E-state index contributed by atoms with van der Waals surface area (Å²) in [6, 6.07) is 6.94. The van der Waals surface area contributed by atoms with Gasteiger partial charge in [-0.05, 0) is 43.0 Å². The topological polar surface area (TPSA) is 54.5 Å². The Morgan fingerprint density at radius 2 is 1.96 bits per heavy atom. The zero-order valence-electron chi connectivity index (χ0n) is 15.5. The minimum absolute atomic E-state index is 0.0291. The van der Waals surface area contributed by atoms with Gasteiger partial charge in [0.15, 0.2) is 5.82 Å². The van der Waals surface area contributed by atoms with Crippen LogP contribution in [0.1, 0.15) is 38.5 Å². The third-order valence-corrected chi connectivity index (χ3v) is 5.55. The Labute approximate surface area is 158 Å². The van der Waals surface area contributed by atoms with Crippen molar-refractivity contribution in [3.05, 3.63) is 30.1 Å². The highest BCUT2D eigenvalue weighted by Crippen LogP contribution is 2.28. The van der Waals surface area contributed by atoms with Gasteiger partial charge in [-0.3, -0.25) is 4.79 Å². The largest absolute Gasteiger partial charge is 0.378 e. The first-order valence-corrected chi connectivity index (χ1v) is 9.92. The number of fused-ring (bicyclic) bond motifs is 1. The van der Waals surface area contributed by atoms with Crippen molar-refractivity contribution in [2.24, 2.45) is 5.92 Å². The minimum Gasteiger partial charge on any atom is -0.378 e. The van der Waals surface area contributed by atoms with Gasteiger partial charge in [-0.25, -0.2) is 9.37 Å². The average molecular weight is 371 g/mol. The van der Waals surface area contributed by atoms with Crippen molar-refractivity contribution in [3.8, 4) is 0 Å². The monoisotopic (exact) mass is 371 g/mol. The quantitative estimate of drug-likeness (QED) is 0.878. The summed E-state index contributed by atoms with van der Waals surface area (Å²) in [5.41, 5.74) is 0.839. The molecule has 0 spiro atoms. The number of ether oxygens (including phenoxy) is 1. The Balaban J connectivity index is 1.48. The maximum atomic E-state index is 14.6. The zero-order valence-corrected chi connectivity index (χ0v) is 15.5. The molecule has 1 amide bonds. The minimum atomic E-state index is -0.407. The van der Waals surface area contributed by atoms with Crippen LogP contribution in [0.5, 0.6) is 0 Å². The lowest BCUT2D eigenvalue weighted by Gasteiger charge is -2.28. The molecule has 1 aromatic carbocycles. The van der Waals surface area contributed by atoms with Crippen LogP contribution in [0.3, 0.4) is 0 Å². The fourth-order valence-corrected chi connectivity index (χ4v) is 4.09. The molecule has 2 aromatic rings. The first-order valence-electron chi connectivity index (χ1n) is 9.92. The fourth-order valence-electron chi connectivity index (χ4n) is 4.09. The molecule has 2 aliphatic rings. The van der Waals surface area contributed by atoms with Gasteiger partial charge in [0.2, 0.25) is 5.91 Å². The second-order valence-electron chi connectivity index (χ2n) is 7.55. The number of benzene rings is 1. The summed E-state index contributed by atoms with van der Waals surface area (Å²) >= 11 is 0. The van der Waals surface area contributed by atoms with Crippen molar-refractivity contribution in [1.82, 2.24) is 4.98 Å². The molecule has 2 heterocycles. The number of aromatic nitrogens is 1. The van der Waals surface area contributed by atoms with Gasteiger partial charge in [-0.1, -0.05) is 19.3 Å². The van der Waals surface area contributed by atoms with Crippen LogP contribution in [0.4, 0.5) is 15.9 Å². The summed E-state index contributed by atoms with van der Waals surface area (Å²) in [5.74, 6) is 0.787. The summed E-state index contributed by atoms with van der Waals surface area (Å²) in [7, 11) is 0. The summed E-state index contributed by atoms with van der Waals surface area (Å²) in [4.78, 5) is 18.9. The Bertz CT molecular complexity index is 814. The van der Waals surface area contributed by atoms with E-state index in [1.54, 1.807) is 6.07 Å². The molecule has 1 aliphatic heterocycles. The molecule has 6 heteroatoms. The number of hydrogen-bond acceptors (Lipinski definition) is 4. The zero-order chi connectivity index (χ0) is 18.6. The fraction of sp³-hybridized carbons (Fsp3) is 0.524. The van der Waals surface area contributed by atoms with E-state index < -0.39 is 5.82 Å². The lowest BCUT2D eigenvalue weighted by molar-refractivity contribution is -0.117. The van der Waals surface area contributed by atoms with Crippen molar-refractivity contribution in [2.75, 3.05) is 36.5 Å². The molecule has 0 atom stereocenters. The van der Waals surface area contributed by atoms with Crippen molar-refractivity contribution < 1.29 is 13.9 Å². The van der Waals surface area contributed by atoms with Gasteiger partial charge in [-0.2, -0.15) is 0 Å². The van der Waals surface area contributed by atoms with E-state index in [-0.39, 0.29) is 5.91 Å². The molecule has 4 rings (SSSR count). The Morgan fingerprint density at radius 3 is 2.74 bits per heavy atom. The Hall–Kier alpha value is -2.21. The molecule has 1 aliphatic carbocycles. The number of amides is 1. The lowest BCUT2D eigenvalue weighted by Crippen LogP contribution is -2.36. The van der Waals surface area contributed by atoms with E-state index in [2.05, 4.69) is 15.2 Å². The number of carbonyl (C=O) groups is 1. The second kappa shape index (κ2) is 8.21. The molecule has 0 bridgehead atoms. The van der Waals surface area contributed by atoms with Gasteiger partial charge >= 0.3 is 0 Å². The molecule has 5 nitrogen and oxygen atoms in total. The maximum absolute atomic E-state index is 14.6. The first-order chi connectivity index (χ1) is 13.2. The van der Waals surface area contributed by atoms with E-state index in [4.69, 9.17) is 4.74 Å². The molecule has 27 heavy (non-hydrogen) atoms. The number of anilines is 2. The van der Waals surface area contributed by atoms with Crippen LogP contribution in [0.2, 0.25) is 0 Å². The third kappa shape index (κ3) is 4.38. The van der Waals surface area contributed by atoms with Crippen LogP contribution in [-0.2, 0) is 9.53 Å². The molecule has 144 valence electrons. The molecular formula is C21H26FN3O2. The number of pyridine rings is 1. The molecule has 1 saturated carbocycles. The standard InChI is InChI=1S/C21H26FN3O2/c22-18-14-17(23-20(26)12-15-4-2-1-3-5-15)13-16-6-7-19(24-21(16)18)25-8-10-27-11-9-25/h6-7,13-15H,1-5,8-12H2,(H,23,26). The SMILES string of the molecule is O=C(CC1CCCCC1)Nc1cc(F)c2nc(N3CCOCC3)ccc2c1. The summed E-state index contributed by atoms with van der Waals surface area (Å²) in [6.07, 6.45) is 6.45. The number of nitrogens with zero attached hydrogens (tertiary/aromatic N) is 2. The van der Waals surface area contributed by atoms with Crippen LogP contribution >= 0.6 is 0 Å². The molecule has 0 unspecified atom stereocenters. The van der Waals surface area contributed by atoms with Crippen LogP contribution < -0.4 is 10.2 Å². The number of halogens is 1. The van der Waals surface area contributed by atoms with Gasteiger partial charge < -0.3 is 15.0 Å². The Kier molecular flexibility index (Phi) is 5.53. The third-order valence-electron chi connectivity index (χ3n) is 5.55. The van der Waals surface area contributed by atoms with E-state index in [1.165, 1.54) is 25.3 Å². The number of hydrogen-bond donors (Lipinski definition) is 1. The predicted molar refractivity (Wildman–Crippen MR) is 105 cm³/mol. The number of carbonyl (C=O) groups excluding carboxylic acids is 1. The van der Waals surface area contributed by atoms with Gasteiger partial charge in [0, 0.05) is 30.6 Å². The molecule has 0 radical (unpaired) electrons. The van der Waals surface area contributed by atoms with Crippen molar-refractivity contribution in [2.45, 2.75) is 38.5 Å². The van der Waals surface area contributed by atoms with E-state index in [0.717, 1.165) is 31.7 Å². The highest BCUT2D eigenvalue weighted by atomic mass is 19.1. The number of rotatable bonds is 4. The van der Waals surface area contributed by atoms with E-state index in [9.17, 15) is 9.18 Å². The lowest BCUT2D eigenvalue weighted by atomic mass is 9.87. The molecule has 1 saturated heterocycles. The van der Waals surface area contributed by atoms with Crippen LogP contribution in [-0.4, -0.2) is 37.2 Å². The van der Waals surface area contributed by atoms with E-state index in [0.29, 0.717) is 42.1 Å². The summed E-state index contributed by atoms with van der Waals surface area (Å²) < 4.78 is 20.0. The normalized spacial score (nSPS) is 18.6. The average Bonchev–Trinajstić information content (AvgIpc) is 2.69. The van der Waals surface area contributed by atoms with Crippen molar-refractivity contribution >= 4 is 28.3 Å². The van der Waals surface area contributed by atoms with E-state index in [1.807, 2.05) is 12.1 Å². The molecule has 2 fully saturated rings. The van der Waals surface area contributed by atoms with Crippen molar-refractivity contribution in [3.63, 3.8) is 0 Å². The number of morpholine rings is 1. The predicted octanol–water partition coefficient (Wildman–Crippen LogP) is 4.12. The first kappa shape index (κ1) is 18.2. The van der Waals surface area contributed by atoms with Gasteiger partial charge in [-0.15, -0.1) is 0 Å². The van der Waals surface area contributed by atoms with Gasteiger partial charge in [0.1, 0.15) is 11.3 Å². The maximum Gasteiger partial charge on any atom is 0.224 e. The van der Waals surface area contributed by atoms with Gasteiger partial charge in [0.05, 0.1) is 13.2 Å². The van der Waals surface area contributed by atoms with Crippen LogP contribution in [0.25, 0.3) is 10.9 Å². The second-order valence-corrected chi connectivity index (χ2v) is 7.55. The molecular weight excluding hydrogens is 345 g/mol. The highest BCUT2D eigenvalue weighted by Gasteiger charge is 2.18. The number of nitrogens with one attached hydrogen (secondary N) is 1. The molecule has 1 aromatic heterocycles. The van der Waals surface area contributed by atoms with Crippen molar-refractivity contribution in [1.29, 1.82) is 0 Å². The highest BCUT2D eigenvalue weighted by molar-refractivity contribution is 5.94. The Morgan fingerprint density at radius 1 is 1.19 bits per heavy atom. The summed E-state index contributed by atoms with van der Waals surface area (Å²) in [6.45, 7) is 2.84. The molecule has 1 N–H and O–H groups in total. The van der Waals surface area contributed by atoms with Gasteiger partial charge in [0.25, 0.3) is 0 Å². The summed E-state index contributed by atoms with van der Waals surface area (Å²) in [5, 5.41) is 3.56. The van der Waals surface area contributed by atoms with Crippen LogP contribution in [0, 0.1) is 11.7 Å². The smallest absolute Gasteiger partial charge is 0.224 e. The van der Waals surface area contributed by atoms with E-state index >= 15 is 0 Å².